The molecule has 1 unspecified atom stereocenters. The Balaban J connectivity index is 2.46. The molecule has 0 bridgehead atoms. The van der Waals surface area contributed by atoms with E-state index in [1.807, 2.05) is 51.5 Å². The summed E-state index contributed by atoms with van der Waals surface area (Å²) in [4.78, 5) is 78.8. The molecule has 4 amide bonds. The van der Waals surface area contributed by atoms with Gasteiger partial charge in [0.2, 0.25) is 23.6 Å². The molecule has 17 nitrogen and oxygen atoms in total. The van der Waals surface area contributed by atoms with Crippen molar-refractivity contribution < 1.29 is 43.3 Å². The zero-order chi connectivity index (χ0) is 38.9. The van der Waals surface area contributed by atoms with Crippen molar-refractivity contribution in [1.29, 1.82) is 0 Å². The average molecular weight is 743 g/mol. The summed E-state index contributed by atoms with van der Waals surface area (Å²) >= 11 is 0. The van der Waals surface area contributed by atoms with Gasteiger partial charge >= 0.3 is 5.97 Å². The quantitative estimate of drug-likeness (QED) is 0.0568. The average Bonchev–Trinajstić information content (AvgIpc) is 3.15. The third-order valence-electron chi connectivity index (χ3n) is 8.33. The molecule has 0 spiro atoms. The third-order valence-corrected chi connectivity index (χ3v) is 8.33. The molecule has 300 valence electrons. The van der Waals surface area contributed by atoms with E-state index in [1.54, 1.807) is 4.90 Å². The number of amides is 4. The fraction of sp³-hybridized carbons (Fsp3) is 0.829. The van der Waals surface area contributed by atoms with Gasteiger partial charge in [-0.3, -0.25) is 43.5 Å². The molecule has 52 heavy (non-hydrogen) atoms. The summed E-state index contributed by atoms with van der Waals surface area (Å²) in [5.74, 6) is -1.87. The molecule has 0 aliphatic carbocycles. The number of carbonyl (C=O) groups is 6. The molecule has 0 aromatic rings. The molecule has 1 heterocycles. The molecule has 0 aromatic carbocycles. The first-order valence-electron chi connectivity index (χ1n) is 18.5. The number of hydrogen-bond donors (Lipinski definition) is 6. The normalized spacial score (nSPS) is 15.6. The molecule has 6 N–H and O–H groups in total. The van der Waals surface area contributed by atoms with E-state index < -0.39 is 11.6 Å². The van der Waals surface area contributed by atoms with E-state index in [-0.39, 0.29) is 107 Å². The van der Waals surface area contributed by atoms with Crippen LogP contribution in [0.2, 0.25) is 0 Å². The van der Waals surface area contributed by atoms with Crippen LogP contribution >= 0.6 is 0 Å². The monoisotopic (exact) mass is 742 g/mol. The lowest BCUT2D eigenvalue weighted by Gasteiger charge is -2.28. The van der Waals surface area contributed by atoms with E-state index in [1.165, 1.54) is 0 Å². The van der Waals surface area contributed by atoms with Crippen molar-refractivity contribution >= 4 is 35.4 Å². The lowest BCUT2D eigenvalue weighted by atomic mass is 9.95. The lowest BCUT2D eigenvalue weighted by Crippen LogP contribution is -2.47. The van der Waals surface area contributed by atoms with Crippen LogP contribution in [-0.4, -0.2) is 179 Å². The standard InChI is InChI=1S/C35H66N8O9/c1-27(2)29(44)21-35(4,5)52-26-28(3)40-33(48)24-42-14-13-41(15-17-43(18-16-42)25-34(49)50)23-32(47)38-12-20-51-19-9-30(45)39-22-31(46)37-11-8-7-10-36-6/h27-28,36H,7-26H2,1-6H3,(H,37,46)(H,38,47)(H,39,45)(H,40,48)(H,49,50). The summed E-state index contributed by atoms with van der Waals surface area (Å²) in [6.07, 6.45) is 2.18. The molecular formula is C35H66N8O9. The van der Waals surface area contributed by atoms with Crippen LogP contribution in [0.5, 0.6) is 0 Å². The van der Waals surface area contributed by atoms with Crippen molar-refractivity contribution in [2.24, 2.45) is 5.92 Å². The summed E-state index contributed by atoms with van der Waals surface area (Å²) in [5.41, 5.74) is -0.650. The largest absolute Gasteiger partial charge is 0.480 e. The molecular weight excluding hydrogens is 676 g/mol. The Morgan fingerprint density at radius 2 is 1.27 bits per heavy atom. The zero-order valence-electron chi connectivity index (χ0n) is 32.4. The van der Waals surface area contributed by atoms with Gasteiger partial charge in [-0.25, -0.2) is 0 Å². The van der Waals surface area contributed by atoms with Gasteiger partial charge in [0.15, 0.2) is 0 Å². The highest BCUT2D eigenvalue weighted by Crippen LogP contribution is 2.18. The second-order valence-corrected chi connectivity index (χ2v) is 14.2. The summed E-state index contributed by atoms with van der Waals surface area (Å²) in [6, 6.07) is -0.287. The highest BCUT2D eigenvalue weighted by atomic mass is 16.5. The first kappa shape index (κ1) is 46.8. The Morgan fingerprint density at radius 3 is 1.85 bits per heavy atom. The molecule has 1 saturated heterocycles. The summed E-state index contributed by atoms with van der Waals surface area (Å²) in [5, 5.41) is 23.5. The molecule has 1 aliphatic rings. The number of nitrogens with one attached hydrogen (secondary N) is 5. The Labute approximate surface area is 309 Å². The van der Waals surface area contributed by atoms with Gasteiger partial charge in [0.25, 0.3) is 0 Å². The molecule has 1 aliphatic heterocycles. The number of hydrogen-bond acceptors (Lipinski definition) is 12. The number of carbonyl (C=O) groups excluding carboxylic acids is 5. The van der Waals surface area contributed by atoms with Gasteiger partial charge < -0.3 is 41.2 Å². The number of aliphatic carboxylic acids is 1. The number of nitrogens with zero attached hydrogens (tertiary/aromatic N) is 3. The number of ketones is 1. The number of ether oxygens (including phenoxy) is 2. The Hall–Kier alpha value is -3.22. The number of unbranched alkanes of at least 4 members (excludes halogenated alkanes) is 1. The SMILES string of the molecule is CNCCCCNC(=O)CNC(=O)CCOCCNC(=O)CN1CCN(CC(=O)O)CCN(CC(=O)NC(C)COC(C)(C)CC(=O)C(C)C)CC1. The second-order valence-electron chi connectivity index (χ2n) is 14.2. The van der Waals surface area contributed by atoms with Crippen LogP contribution in [-0.2, 0) is 38.2 Å². The number of Topliss-reactive ketones (excluding diaryl/α,β-unsaturated/α-hetero) is 1. The van der Waals surface area contributed by atoms with Gasteiger partial charge in [-0.05, 0) is 47.2 Å². The summed E-state index contributed by atoms with van der Waals surface area (Å²) < 4.78 is 11.4. The first-order chi connectivity index (χ1) is 24.6. The summed E-state index contributed by atoms with van der Waals surface area (Å²) in [7, 11) is 1.87. The fourth-order valence-electron chi connectivity index (χ4n) is 5.21. The predicted octanol–water partition coefficient (Wildman–Crippen LogP) is -1.34. The second kappa shape index (κ2) is 26.5. The van der Waals surface area contributed by atoms with Crippen LogP contribution in [0.15, 0.2) is 0 Å². The lowest BCUT2D eigenvalue weighted by molar-refractivity contribution is -0.138. The van der Waals surface area contributed by atoms with Gasteiger partial charge in [-0.1, -0.05) is 13.8 Å². The molecule has 1 rings (SSSR count). The minimum atomic E-state index is -0.950. The third kappa shape index (κ3) is 24.1. The van der Waals surface area contributed by atoms with Crippen molar-refractivity contribution in [2.45, 2.75) is 71.9 Å². The van der Waals surface area contributed by atoms with Gasteiger partial charge in [0.05, 0.1) is 51.6 Å². The Kier molecular flexibility index (Phi) is 23.9. The van der Waals surface area contributed by atoms with E-state index in [0.29, 0.717) is 45.8 Å². The van der Waals surface area contributed by atoms with Crippen LogP contribution in [0.4, 0.5) is 0 Å². The highest BCUT2D eigenvalue weighted by molar-refractivity contribution is 5.84. The zero-order valence-corrected chi connectivity index (χ0v) is 32.4. The van der Waals surface area contributed by atoms with Crippen molar-refractivity contribution in [3.63, 3.8) is 0 Å². The van der Waals surface area contributed by atoms with Crippen molar-refractivity contribution in [2.75, 3.05) is 112 Å². The van der Waals surface area contributed by atoms with Crippen LogP contribution in [0.1, 0.15) is 60.3 Å². The van der Waals surface area contributed by atoms with Crippen molar-refractivity contribution in [3.05, 3.63) is 0 Å². The predicted molar refractivity (Wildman–Crippen MR) is 197 cm³/mol. The Morgan fingerprint density at radius 1 is 0.712 bits per heavy atom. The Bertz CT molecular complexity index is 1110. The van der Waals surface area contributed by atoms with E-state index in [9.17, 15) is 33.9 Å². The first-order valence-corrected chi connectivity index (χ1v) is 18.5. The topological polar surface area (TPSA) is 211 Å². The van der Waals surface area contributed by atoms with Crippen LogP contribution in [0, 0.1) is 5.92 Å². The van der Waals surface area contributed by atoms with Gasteiger partial charge in [0, 0.05) is 77.2 Å². The highest BCUT2D eigenvalue weighted by Gasteiger charge is 2.26. The van der Waals surface area contributed by atoms with Crippen LogP contribution in [0.25, 0.3) is 0 Å². The smallest absolute Gasteiger partial charge is 0.317 e. The molecule has 0 saturated carbocycles. The number of carboxylic acid groups (broad SMARTS) is 1. The van der Waals surface area contributed by atoms with E-state index in [0.717, 1.165) is 19.4 Å². The maximum absolute atomic E-state index is 13.0. The molecule has 0 aromatic heterocycles. The van der Waals surface area contributed by atoms with E-state index in [2.05, 4.69) is 26.6 Å². The van der Waals surface area contributed by atoms with Crippen LogP contribution < -0.4 is 26.6 Å². The van der Waals surface area contributed by atoms with E-state index in [4.69, 9.17) is 9.47 Å². The number of rotatable bonds is 26. The molecule has 0 radical (unpaired) electrons. The molecule has 1 fully saturated rings. The maximum Gasteiger partial charge on any atom is 0.317 e. The molecule has 1 atom stereocenters. The van der Waals surface area contributed by atoms with Crippen LogP contribution in [0.3, 0.4) is 0 Å². The van der Waals surface area contributed by atoms with Gasteiger partial charge in [-0.2, -0.15) is 0 Å². The van der Waals surface area contributed by atoms with Crippen molar-refractivity contribution in [1.82, 2.24) is 41.3 Å². The maximum atomic E-state index is 13.0. The van der Waals surface area contributed by atoms with Crippen molar-refractivity contribution in [3.8, 4) is 0 Å². The minimum Gasteiger partial charge on any atom is -0.480 e. The van der Waals surface area contributed by atoms with Gasteiger partial charge in [0.1, 0.15) is 5.78 Å². The number of carboxylic acids is 1. The van der Waals surface area contributed by atoms with Gasteiger partial charge in [-0.15, -0.1) is 0 Å². The van der Waals surface area contributed by atoms with E-state index >= 15 is 0 Å². The fourth-order valence-corrected chi connectivity index (χ4v) is 5.21. The minimum absolute atomic E-state index is 0.0758. The summed E-state index contributed by atoms with van der Waals surface area (Å²) in [6.45, 7) is 14.4. The molecule has 17 heteroatoms.